The summed E-state index contributed by atoms with van der Waals surface area (Å²) in [6.07, 6.45) is 8.53. The predicted molar refractivity (Wildman–Crippen MR) is 74.1 cm³/mol. The Bertz CT molecular complexity index is 181. The lowest BCUT2D eigenvalue weighted by atomic mass is 10.1. The molecule has 0 bridgehead atoms. The highest BCUT2D eigenvalue weighted by Crippen LogP contribution is 2.03. The van der Waals surface area contributed by atoms with E-state index in [0.717, 1.165) is 13.1 Å². The average molecular weight is 242 g/mol. The van der Waals surface area contributed by atoms with Gasteiger partial charge in [0.05, 0.1) is 0 Å². The minimum absolute atomic E-state index is 0.149. The van der Waals surface area contributed by atoms with Crippen LogP contribution in [0.25, 0.3) is 0 Å². The molecule has 3 nitrogen and oxygen atoms in total. The number of carbonyl (C=O) groups is 1. The SMILES string of the molecule is CCCCCCCCNCCC(=O)NC(C)C. The molecule has 0 atom stereocenters. The molecule has 0 saturated heterocycles. The van der Waals surface area contributed by atoms with Crippen LogP contribution in [0.4, 0.5) is 0 Å². The molecule has 0 unspecified atom stereocenters. The summed E-state index contributed by atoms with van der Waals surface area (Å²) in [5.74, 6) is 0.149. The van der Waals surface area contributed by atoms with E-state index in [4.69, 9.17) is 0 Å². The molecule has 0 aromatic heterocycles. The van der Waals surface area contributed by atoms with Gasteiger partial charge in [-0.25, -0.2) is 0 Å². The molecular formula is C14H30N2O. The Kier molecular flexibility index (Phi) is 11.5. The zero-order valence-corrected chi connectivity index (χ0v) is 11.8. The van der Waals surface area contributed by atoms with Gasteiger partial charge in [0, 0.05) is 19.0 Å². The van der Waals surface area contributed by atoms with Crippen LogP contribution in [0.5, 0.6) is 0 Å². The normalized spacial score (nSPS) is 10.8. The van der Waals surface area contributed by atoms with E-state index >= 15 is 0 Å². The van der Waals surface area contributed by atoms with Crippen LogP contribution >= 0.6 is 0 Å². The molecule has 0 aliphatic heterocycles. The van der Waals surface area contributed by atoms with Crippen LogP contribution in [0.1, 0.15) is 65.7 Å². The first kappa shape index (κ1) is 16.4. The van der Waals surface area contributed by atoms with E-state index in [1.165, 1.54) is 38.5 Å². The first-order valence-corrected chi connectivity index (χ1v) is 7.17. The van der Waals surface area contributed by atoms with Crippen LogP contribution in [0, 0.1) is 0 Å². The molecule has 17 heavy (non-hydrogen) atoms. The van der Waals surface area contributed by atoms with Crippen LogP contribution in [0.2, 0.25) is 0 Å². The number of hydrogen-bond acceptors (Lipinski definition) is 2. The largest absolute Gasteiger partial charge is 0.354 e. The Morgan fingerprint density at radius 1 is 1.00 bits per heavy atom. The van der Waals surface area contributed by atoms with Gasteiger partial charge < -0.3 is 10.6 Å². The summed E-state index contributed by atoms with van der Waals surface area (Å²) in [5.41, 5.74) is 0. The van der Waals surface area contributed by atoms with Crippen molar-refractivity contribution >= 4 is 5.91 Å². The van der Waals surface area contributed by atoms with E-state index in [-0.39, 0.29) is 11.9 Å². The Labute approximate surface area is 107 Å². The van der Waals surface area contributed by atoms with E-state index in [9.17, 15) is 4.79 Å². The Morgan fingerprint density at radius 2 is 1.65 bits per heavy atom. The lowest BCUT2D eigenvalue weighted by Crippen LogP contribution is -2.32. The summed E-state index contributed by atoms with van der Waals surface area (Å²) in [6.45, 7) is 8.06. The van der Waals surface area contributed by atoms with Gasteiger partial charge in [0.25, 0.3) is 0 Å². The molecule has 2 N–H and O–H groups in total. The summed E-state index contributed by atoms with van der Waals surface area (Å²) < 4.78 is 0. The summed E-state index contributed by atoms with van der Waals surface area (Å²) in [5, 5.41) is 6.21. The van der Waals surface area contributed by atoms with E-state index < -0.39 is 0 Å². The second-order valence-electron chi connectivity index (χ2n) is 4.99. The van der Waals surface area contributed by atoms with Crippen LogP contribution in [-0.2, 0) is 4.79 Å². The van der Waals surface area contributed by atoms with Gasteiger partial charge in [-0.15, -0.1) is 0 Å². The van der Waals surface area contributed by atoms with Gasteiger partial charge in [-0.3, -0.25) is 4.79 Å². The second-order valence-corrected chi connectivity index (χ2v) is 4.99. The summed E-state index contributed by atoms with van der Waals surface area (Å²) in [7, 11) is 0. The highest BCUT2D eigenvalue weighted by Gasteiger charge is 2.01. The maximum absolute atomic E-state index is 11.3. The topological polar surface area (TPSA) is 41.1 Å². The molecule has 0 spiro atoms. The lowest BCUT2D eigenvalue weighted by molar-refractivity contribution is -0.121. The standard InChI is InChI=1S/C14H30N2O/c1-4-5-6-7-8-9-11-15-12-10-14(17)16-13(2)3/h13,15H,4-12H2,1-3H3,(H,16,17). The predicted octanol–water partition coefficient (Wildman–Crippen LogP) is 2.85. The maximum atomic E-state index is 11.3. The minimum atomic E-state index is 0.149. The Balaban J connectivity index is 3.10. The smallest absolute Gasteiger partial charge is 0.221 e. The fourth-order valence-corrected chi connectivity index (χ4v) is 1.75. The molecule has 0 rings (SSSR count). The van der Waals surface area contributed by atoms with Crippen molar-refractivity contribution in [2.45, 2.75) is 71.8 Å². The van der Waals surface area contributed by atoms with Crippen molar-refractivity contribution < 1.29 is 4.79 Å². The molecule has 0 aliphatic carbocycles. The van der Waals surface area contributed by atoms with E-state index in [1.807, 2.05) is 13.8 Å². The van der Waals surface area contributed by atoms with Crippen molar-refractivity contribution in [3.63, 3.8) is 0 Å². The summed E-state index contributed by atoms with van der Waals surface area (Å²) in [6, 6.07) is 0.251. The Morgan fingerprint density at radius 3 is 2.29 bits per heavy atom. The highest BCUT2D eigenvalue weighted by atomic mass is 16.1. The quantitative estimate of drug-likeness (QED) is 0.547. The van der Waals surface area contributed by atoms with Gasteiger partial charge in [-0.05, 0) is 26.8 Å². The lowest BCUT2D eigenvalue weighted by Gasteiger charge is -2.08. The van der Waals surface area contributed by atoms with Gasteiger partial charge in [-0.1, -0.05) is 39.0 Å². The monoisotopic (exact) mass is 242 g/mol. The van der Waals surface area contributed by atoms with Gasteiger partial charge in [0.2, 0.25) is 5.91 Å². The minimum Gasteiger partial charge on any atom is -0.354 e. The van der Waals surface area contributed by atoms with Crippen molar-refractivity contribution in [2.75, 3.05) is 13.1 Å². The zero-order valence-electron chi connectivity index (χ0n) is 11.8. The van der Waals surface area contributed by atoms with E-state index in [0.29, 0.717) is 6.42 Å². The van der Waals surface area contributed by atoms with Gasteiger partial charge in [0.1, 0.15) is 0 Å². The summed E-state index contributed by atoms with van der Waals surface area (Å²) >= 11 is 0. The molecule has 0 aromatic rings. The van der Waals surface area contributed by atoms with Gasteiger partial charge >= 0.3 is 0 Å². The summed E-state index contributed by atoms with van der Waals surface area (Å²) in [4.78, 5) is 11.3. The van der Waals surface area contributed by atoms with Crippen LogP contribution in [-0.4, -0.2) is 25.0 Å². The van der Waals surface area contributed by atoms with Gasteiger partial charge in [-0.2, -0.15) is 0 Å². The average Bonchev–Trinajstić information content (AvgIpc) is 2.26. The van der Waals surface area contributed by atoms with Crippen molar-refractivity contribution in [3.8, 4) is 0 Å². The molecule has 1 amide bonds. The molecule has 0 aromatic carbocycles. The fraction of sp³-hybridized carbons (Fsp3) is 0.929. The fourth-order valence-electron chi connectivity index (χ4n) is 1.75. The zero-order chi connectivity index (χ0) is 12.9. The first-order valence-electron chi connectivity index (χ1n) is 7.17. The number of amides is 1. The third kappa shape index (κ3) is 13.4. The molecule has 0 aliphatic rings. The van der Waals surface area contributed by atoms with Crippen molar-refractivity contribution in [1.82, 2.24) is 10.6 Å². The molecule has 102 valence electrons. The van der Waals surface area contributed by atoms with Crippen molar-refractivity contribution in [1.29, 1.82) is 0 Å². The maximum Gasteiger partial charge on any atom is 0.221 e. The number of nitrogens with one attached hydrogen (secondary N) is 2. The van der Waals surface area contributed by atoms with Crippen LogP contribution < -0.4 is 10.6 Å². The number of rotatable bonds is 11. The van der Waals surface area contributed by atoms with Gasteiger partial charge in [0.15, 0.2) is 0 Å². The molecule has 0 saturated carbocycles. The first-order chi connectivity index (χ1) is 8.16. The number of hydrogen-bond donors (Lipinski definition) is 2. The van der Waals surface area contributed by atoms with Crippen LogP contribution in [0.3, 0.4) is 0 Å². The molecule has 0 fully saturated rings. The third-order valence-electron chi connectivity index (χ3n) is 2.69. The molecule has 0 heterocycles. The van der Waals surface area contributed by atoms with Crippen LogP contribution in [0.15, 0.2) is 0 Å². The third-order valence-corrected chi connectivity index (χ3v) is 2.69. The highest BCUT2D eigenvalue weighted by molar-refractivity contribution is 5.76. The molecule has 0 radical (unpaired) electrons. The Hall–Kier alpha value is -0.570. The molecular weight excluding hydrogens is 212 g/mol. The number of unbranched alkanes of at least 4 members (excludes halogenated alkanes) is 5. The molecule has 3 heteroatoms. The number of carbonyl (C=O) groups excluding carboxylic acids is 1. The van der Waals surface area contributed by atoms with E-state index in [1.54, 1.807) is 0 Å². The second kappa shape index (κ2) is 11.9. The van der Waals surface area contributed by atoms with E-state index in [2.05, 4.69) is 17.6 Å². The van der Waals surface area contributed by atoms with Crippen molar-refractivity contribution in [3.05, 3.63) is 0 Å². The van der Waals surface area contributed by atoms with Crippen molar-refractivity contribution in [2.24, 2.45) is 0 Å².